The molecule has 0 aliphatic rings. The molecule has 0 saturated heterocycles. The van der Waals surface area contributed by atoms with Crippen LogP contribution in [0.4, 0.5) is 0 Å². The fourth-order valence-electron chi connectivity index (χ4n) is 1.35. The Morgan fingerprint density at radius 3 is 2.71 bits per heavy atom. The molecule has 2 rings (SSSR count). The van der Waals surface area contributed by atoms with E-state index >= 15 is 0 Å². The third kappa shape index (κ3) is 2.45. The van der Waals surface area contributed by atoms with E-state index < -0.39 is 9.05 Å². The van der Waals surface area contributed by atoms with Crippen molar-refractivity contribution in [1.82, 2.24) is 24.4 Å². The lowest BCUT2D eigenvalue weighted by Crippen LogP contribution is -2.07. The minimum absolute atomic E-state index is 0.260. The van der Waals surface area contributed by atoms with Crippen LogP contribution in [0.25, 0.3) is 11.5 Å². The molecule has 0 saturated carbocycles. The summed E-state index contributed by atoms with van der Waals surface area (Å²) < 4.78 is 27.8. The number of hydrogen-bond acceptors (Lipinski definition) is 7. The number of nitrogens with zero attached hydrogens (tertiary/aromatic N) is 5. The van der Waals surface area contributed by atoms with E-state index in [1.54, 1.807) is 5.38 Å². The molecule has 0 N–H and O–H groups in total. The minimum atomic E-state index is -3.91. The molecule has 92 valence electrons. The minimum Gasteiger partial charge on any atom is -0.295 e. The van der Waals surface area contributed by atoms with Gasteiger partial charge >= 0.3 is 0 Å². The monoisotopic (exact) mass is 293 g/mol. The molecule has 2 aromatic heterocycles. The maximum atomic E-state index is 11.3. The summed E-state index contributed by atoms with van der Waals surface area (Å²) in [6.07, 6.45) is 0.724. The van der Waals surface area contributed by atoms with Crippen molar-refractivity contribution in [3.8, 4) is 11.5 Å². The molecule has 7 nitrogen and oxygen atoms in total. The number of rotatable bonds is 4. The molecule has 0 aliphatic heterocycles. The first kappa shape index (κ1) is 12.4. The summed E-state index contributed by atoms with van der Waals surface area (Å²) in [6, 6.07) is 0. The lowest BCUT2D eigenvalue weighted by Gasteiger charge is -2.04. The maximum Gasteiger partial charge on any atom is 0.296 e. The van der Waals surface area contributed by atoms with E-state index in [1.807, 2.05) is 6.92 Å². The SMILES string of the molecule is CCCn1c(-c2csnn2)nnc1S(=O)(=O)Cl. The average molecular weight is 294 g/mol. The third-order valence-corrected chi connectivity index (χ3v) is 3.63. The van der Waals surface area contributed by atoms with Crippen molar-refractivity contribution in [3.05, 3.63) is 5.38 Å². The van der Waals surface area contributed by atoms with Gasteiger partial charge in [0.15, 0.2) is 5.82 Å². The molecular formula is C7H8ClN5O2S2. The van der Waals surface area contributed by atoms with E-state index in [-0.39, 0.29) is 5.16 Å². The van der Waals surface area contributed by atoms with E-state index in [0.29, 0.717) is 18.1 Å². The predicted octanol–water partition coefficient (Wildman–Crippen LogP) is 1.13. The molecule has 0 amide bonds. The van der Waals surface area contributed by atoms with Crippen molar-refractivity contribution in [3.63, 3.8) is 0 Å². The topological polar surface area (TPSA) is 90.6 Å². The lowest BCUT2D eigenvalue weighted by atomic mass is 10.4. The van der Waals surface area contributed by atoms with Crippen LogP contribution in [0.2, 0.25) is 0 Å². The molecule has 2 aromatic rings. The van der Waals surface area contributed by atoms with Gasteiger partial charge in [-0.25, -0.2) is 8.42 Å². The highest BCUT2D eigenvalue weighted by atomic mass is 35.7. The molecule has 0 radical (unpaired) electrons. The Kier molecular flexibility index (Phi) is 3.40. The molecule has 10 heteroatoms. The Hall–Kier alpha value is -1.06. The highest BCUT2D eigenvalue weighted by molar-refractivity contribution is 8.13. The van der Waals surface area contributed by atoms with Crippen LogP contribution in [0.1, 0.15) is 13.3 Å². The largest absolute Gasteiger partial charge is 0.296 e. The zero-order chi connectivity index (χ0) is 12.5. The van der Waals surface area contributed by atoms with Gasteiger partial charge in [0.1, 0.15) is 5.69 Å². The standard InChI is InChI=1S/C7H8ClN5O2S2/c1-2-3-13-6(5-4-16-12-9-5)10-11-7(13)17(8,14)15/h4H,2-3H2,1H3. The second kappa shape index (κ2) is 4.67. The molecule has 17 heavy (non-hydrogen) atoms. The van der Waals surface area contributed by atoms with E-state index in [1.165, 1.54) is 4.57 Å². The van der Waals surface area contributed by atoms with Gasteiger partial charge in [-0.1, -0.05) is 11.4 Å². The predicted molar refractivity (Wildman–Crippen MR) is 62.3 cm³/mol. The summed E-state index contributed by atoms with van der Waals surface area (Å²) in [7, 11) is 1.38. The van der Waals surface area contributed by atoms with Crippen molar-refractivity contribution in [1.29, 1.82) is 0 Å². The van der Waals surface area contributed by atoms with Crippen LogP contribution in [-0.2, 0) is 15.6 Å². The van der Waals surface area contributed by atoms with Crippen LogP contribution in [-0.4, -0.2) is 32.8 Å². The molecule has 0 aromatic carbocycles. The van der Waals surface area contributed by atoms with E-state index in [2.05, 4.69) is 19.8 Å². The van der Waals surface area contributed by atoms with Gasteiger partial charge in [-0.05, 0) is 18.0 Å². The van der Waals surface area contributed by atoms with E-state index in [9.17, 15) is 8.42 Å². The average Bonchev–Trinajstić information content (AvgIpc) is 2.82. The first-order chi connectivity index (χ1) is 8.04. The van der Waals surface area contributed by atoms with Crippen LogP contribution in [0, 0.1) is 0 Å². The van der Waals surface area contributed by atoms with Gasteiger partial charge in [-0.15, -0.1) is 15.3 Å². The van der Waals surface area contributed by atoms with Gasteiger partial charge in [0.25, 0.3) is 14.2 Å². The van der Waals surface area contributed by atoms with Gasteiger partial charge < -0.3 is 0 Å². The Balaban J connectivity index is 2.59. The highest BCUT2D eigenvalue weighted by Gasteiger charge is 2.23. The quantitative estimate of drug-likeness (QED) is 0.785. The van der Waals surface area contributed by atoms with Gasteiger partial charge in [0.05, 0.1) is 0 Å². The summed E-state index contributed by atoms with van der Waals surface area (Å²) in [6.45, 7) is 2.36. The Labute approximate surface area is 106 Å². The van der Waals surface area contributed by atoms with Crippen LogP contribution in [0.3, 0.4) is 0 Å². The van der Waals surface area contributed by atoms with Crippen LogP contribution < -0.4 is 0 Å². The molecule has 0 unspecified atom stereocenters. The number of hydrogen-bond donors (Lipinski definition) is 0. The molecule has 0 aliphatic carbocycles. The zero-order valence-corrected chi connectivity index (χ0v) is 11.1. The molecule has 0 bridgehead atoms. The molecule has 0 spiro atoms. The van der Waals surface area contributed by atoms with Crippen LogP contribution in [0.15, 0.2) is 10.5 Å². The zero-order valence-electron chi connectivity index (χ0n) is 8.74. The Morgan fingerprint density at radius 1 is 1.41 bits per heavy atom. The Morgan fingerprint density at radius 2 is 2.18 bits per heavy atom. The van der Waals surface area contributed by atoms with Gasteiger partial charge in [-0.2, -0.15) is 0 Å². The van der Waals surface area contributed by atoms with E-state index in [0.717, 1.165) is 18.0 Å². The van der Waals surface area contributed by atoms with Crippen molar-refractivity contribution in [2.45, 2.75) is 25.0 Å². The first-order valence-electron chi connectivity index (χ1n) is 4.69. The molecule has 0 atom stereocenters. The smallest absolute Gasteiger partial charge is 0.295 e. The second-order valence-electron chi connectivity index (χ2n) is 3.19. The fraction of sp³-hybridized carbons (Fsp3) is 0.429. The number of aromatic nitrogens is 5. The summed E-state index contributed by atoms with van der Waals surface area (Å²) in [5, 5.41) is 12.6. The van der Waals surface area contributed by atoms with Crippen LogP contribution in [0.5, 0.6) is 0 Å². The summed E-state index contributed by atoms with van der Waals surface area (Å²) in [5.74, 6) is 0.361. The fourth-order valence-corrected chi connectivity index (χ4v) is 2.70. The normalized spacial score (nSPS) is 11.9. The Bertz CT molecular complexity index is 606. The van der Waals surface area contributed by atoms with Crippen LogP contribution >= 0.6 is 22.2 Å². The highest BCUT2D eigenvalue weighted by Crippen LogP contribution is 2.21. The van der Waals surface area contributed by atoms with Gasteiger partial charge in [0.2, 0.25) is 0 Å². The third-order valence-electron chi connectivity index (χ3n) is 1.97. The molecule has 0 fully saturated rings. The van der Waals surface area contributed by atoms with Crippen molar-refractivity contribution < 1.29 is 8.42 Å². The molecular weight excluding hydrogens is 286 g/mol. The number of halogens is 1. The second-order valence-corrected chi connectivity index (χ2v) is 6.26. The lowest BCUT2D eigenvalue weighted by molar-refractivity contribution is 0.569. The van der Waals surface area contributed by atoms with Gasteiger partial charge in [-0.3, -0.25) is 4.57 Å². The van der Waals surface area contributed by atoms with Crippen molar-refractivity contribution >= 4 is 31.3 Å². The maximum absolute atomic E-state index is 11.3. The van der Waals surface area contributed by atoms with Crippen molar-refractivity contribution in [2.24, 2.45) is 0 Å². The van der Waals surface area contributed by atoms with Crippen molar-refractivity contribution in [2.75, 3.05) is 0 Å². The summed E-state index contributed by atoms with van der Waals surface area (Å²) in [4.78, 5) is 0. The molecule has 2 heterocycles. The van der Waals surface area contributed by atoms with Gasteiger partial charge in [0, 0.05) is 22.6 Å². The first-order valence-corrected chi connectivity index (χ1v) is 7.84. The van der Waals surface area contributed by atoms with E-state index in [4.69, 9.17) is 10.7 Å². The summed E-state index contributed by atoms with van der Waals surface area (Å²) in [5.41, 5.74) is 0.488. The summed E-state index contributed by atoms with van der Waals surface area (Å²) >= 11 is 1.15.